The minimum atomic E-state index is -3.72. The molecule has 0 saturated carbocycles. The van der Waals surface area contributed by atoms with Gasteiger partial charge in [0.05, 0.1) is 19.3 Å². The summed E-state index contributed by atoms with van der Waals surface area (Å²) in [6, 6.07) is 8.37. The third-order valence-corrected chi connectivity index (χ3v) is 7.34. The molecule has 0 aliphatic carbocycles. The largest absolute Gasteiger partial charge is 0.379 e. The molecule has 1 saturated heterocycles. The number of thiophene rings is 1. The molecule has 2 aromatic rings. The predicted molar refractivity (Wildman–Crippen MR) is 101 cm³/mol. The zero-order valence-corrected chi connectivity index (χ0v) is 16.5. The zero-order chi connectivity index (χ0) is 18.7. The fourth-order valence-corrected chi connectivity index (χ4v) is 5.62. The second-order valence-electron chi connectivity index (χ2n) is 5.88. The first-order valence-electron chi connectivity index (χ1n) is 8.11. The fraction of sp³-hybridized carbons (Fsp3) is 0.353. The predicted octanol–water partition coefficient (Wildman–Crippen LogP) is 2.91. The summed E-state index contributed by atoms with van der Waals surface area (Å²) in [5.41, 5.74) is 0.847. The molecule has 1 atom stereocenters. The van der Waals surface area contributed by atoms with Crippen molar-refractivity contribution in [3.63, 3.8) is 0 Å². The number of amides is 1. The van der Waals surface area contributed by atoms with E-state index in [0.717, 1.165) is 16.9 Å². The molecule has 3 rings (SSSR count). The summed E-state index contributed by atoms with van der Waals surface area (Å²) in [5.74, 6) is -0.417. The molecule has 1 unspecified atom stereocenters. The standard InChI is InChI=1S/C17H19ClN2O4S2/c1-12(13-3-2-4-14(18)11-13)19-17(21)16-15(5-10-25-16)26(22,23)20-6-8-24-9-7-20/h2-5,10-12H,6-9H2,1H3,(H,19,21). The highest BCUT2D eigenvalue weighted by molar-refractivity contribution is 7.89. The Morgan fingerprint density at radius 1 is 1.31 bits per heavy atom. The number of halogens is 1. The van der Waals surface area contributed by atoms with E-state index in [1.807, 2.05) is 13.0 Å². The number of sulfonamides is 1. The van der Waals surface area contributed by atoms with Gasteiger partial charge in [0.2, 0.25) is 10.0 Å². The number of carbonyl (C=O) groups is 1. The van der Waals surface area contributed by atoms with Gasteiger partial charge >= 0.3 is 0 Å². The van der Waals surface area contributed by atoms with Crippen LogP contribution in [0.25, 0.3) is 0 Å². The van der Waals surface area contributed by atoms with Gasteiger partial charge in [-0.3, -0.25) is 4.79 Å². The second kappa shape index (κ2) is 8.06. The van der Waals surface area contributed by atoms with Crippen LogP contribution in [-0.4, -0.2) is 44.9 Å². The molecular formula is C17H19ClN2O4S2. The molecule has 1 amide bonds. The molecule has 1 fully saturated rings. The third-order valence-electron chi connectivity index (χ3n) is 4.12. The first kappa shape index (κ1) is 19.3. The molecule has 140 valence electrons. The number of rotatable bonds is 5. The Balaban J connectivity index is 1.80. The molecule has 26 heavy (non-hydrogen) atoms. The summed E-state index contributed by atoms with van der Waals surface area (Å²) < 4.78 is 32.3. The highest BCUT2D eigenvalue weighted by atomic mass is 35.5. The maximum Gasteiger partial charge on any atom is 0.263 e. The van der Waals surface area contributed by atoms with Crippen molar-refractivity contribution in [3.8, 4) is 0 Å². The van der Waals surface area contributed by atoms with E-state index in [9.17, 15) is 13.2 Å². The minimum Gasteiger partial charge on any atom is -0.379 e. The van der Waals surface area contributed by atoms with Gasteiger partial charge in [-0.1, -0.05) is 23.7 Å². The smallest absolute Gasteiger partial charge is 0.263 e. The number of carbonyl (C=O) groups excluding carboxylic acids is 1. The van der Waals surface area contributed by atoms with Crippen molar-refractivity contribution in [3.05, 3.63) is 51.2 Å². The van der Waals surface area contributed by atoms with Crippen LogP contribution in [-0.2, 0) is 14.8 Å². The maximum atomic E-state index is 12.9. The highest BCUT2D eigenvalue weighted by Gasteiger charge is 2.31. The Hall–Kier alpha value is -1.45. The van der Waals surface area contributed by atoms with Crippen molar-refractivity contribution in [2.75, 3.05) is 26.3 Å². The molecule has 2 heterocycles. The normalized spacial score (nSPS) is 17.0. The first-order valence-corrected chi connectivity index (χ1v) is 10.8. The van der Waals surface area contributed by atoms with Gasteiger partial charge in [-0.2, -0.15) is 4.31 Å². The molecule has 1 aromatic carbocycles. The van der Waals surface area contributed by atoms with Gasteiger partial charge < -0.3 is 10.1 Å². The molecule has 1 N–H and O–H groups in total. The van der Waals surface area contributed by atoms with Crippen molar-refractivity contribution < 1.29 is 17.9 Å². The van der Waals surface area contributed by atoms with E-state index in [1.165, 1.54) is 10.4 Å². The van der Waals surface area contributed by atoms with Gasteiger partial charge in [0.1, 0.15) is 9.77 Å². The molecule has 0 radical (unpaired) electrons. The number of hydrogen-bond acceptors (Lipinski definition) is 5. The van der Waals surface area contributed by atoms with Crippen molar-refractivity contribution in [2.45, 2.75) is 17.9 Å². The molecule has 0 bridgehead atoms. The topological polar surface area (TPSA) is 75.7 Å². The van der Waals surface area contributed by atoms with E-state index in [1.54, 1.807) is 23.6 Å². The van der Waals surface area contributed by atoms with Gasteiger partial charge in [0, 0.05) is 18.1 Å². The van der Waals surface area contributed by atoms with Gasteiger partial charge in [-0.25, -0.2) is 8.42 Å². The van der Waals surface area contributed by atoms with Gasteiger partial charge in [-0.15, -0.1) is 11.3 Å². The summed E-state index contributed by atoms with van der Waals surface area (Å²) in [7, 11) is -3.72. The van der Waals surface area contributed by atoms with E-state index >= 15 is 0 Å². The van der Waals surface area contributed by atoms with Crippen LogP contribution in [0.2, 0.25) is 5.02 Å². The Kier molecular flexibility index (Phi) is 5.99. The number of nitrogens with zero attached hydrogens (tertiary/aromatic N) is 1. The quantitative estimate of drug-likeness (QED) is 0.816. The number of nitrogens with one attached hydrogen (secondary N) is 1. The molecule has 6 nitrogen and oxygen atoms in total. The number of hydrogen-bond donors (Lipinski definition) is 1. The fourth-order valence-electron chi connectivity index (χ4n) is 2.71. The van der Waals surface area contributed by atoms with E-state index in [-0.39, 0.29) is 28.9 Å². The molecular weight excluding hydrogens is 396 g/mol. The van der Waals surface area contributed by atoms with E-state index in [4.69, 9.17) is 16.3 Å². The van der Waals surface area contributed by atoms with E-state index in [0.29, 0.717) is 18.2 Å². The maximum absolute atomic E-state index is 12.9. The summed E-state index contributed by atoms with van der Waals surface area (Å²) in [4.78, 5) is 12.9. The number of benzene rings is 1. The van der Waals surface area contributed by atoms with Crippen LogP contribution >= 0.6 is 22.9 Å². The Bertz CT molecular complexity index is 892. The molecule has 1 aliphatic heterocycles. The molecule has 9 heteroatoms. The monoisotopic (exact) mass is 414 g/mol. The average molecular weight is 415 g/mol. The van der Waals surface area contributed by atoms with Gasteiger partial charge in [0.15, 0.2) is 0 Å². The lowest BCUT2D eigenvalue weighted by Gasteiger charge is -2.26. The lowest BCUT2D eigenvalue weighted by atomic mass is 10.1. The molecule has 0 spiro atoms. The third kappa shape index (κ3) is 4.10. The van der Waals surface area contributed by atoms with Crippen LogP contribution in [0.15, 0.2) is 40.6 Å². The van der Waals surface area contributed by atoms with Gasteiger partial charge in [0.25, 0.3) is 5.91 Å². The summed E-state index contributed by atoms with van der Waals surface area (Å²) in [6.07, 6.45) is 0. The van der Waals surface area contributed by atoms with Crippen LogP contribution in [0.3, 0.4) is 0 Å². The van der Waals surface area contributed by atoms with Crippen molar-refractivity contribution in [1.29, 1.82) is 0 Å². The SMILES string of the molecule is CC(NC(=O)c1sccc1S(=O)(=O)N1CCOCC1)c1cccc(Cl)c1. The van der Waals surface area contributed by atoms with E-state index < -0.39 is 15.9 Å². The minimum absolute atomic E-state index is 0.0418. The molecule has 1 aliphatic rings. The Labute approximate surface area is 161 Å². The molecule has 1 aromatic heterocycles. The lowest BCUT2D eigenvalue weighted by molar-refractivity contribution is 0.0730. The van der Waals surface area contributed by atoms with Crippen LogP contribution in [0.4, 0.5) is 0 Å². The van der Waals surface area contributed by atoms with Crippen LogP contribution in [0.1, 0.15) is 28.2 Å². The van der Waals surface area contributed by atoms with Crippen molar-refractivity contribution in [2.24, 2.45) is 0 Å². The Morgan fingerprint density at radius 2 is 2.04 bits per heavy atom. The highest BCUT2D eigenvalue weighted by Crippen LogP contribution is 2.27. The zero-order valence-electron chi connectivity index (χ0n) is 14.1. The van der Waals surface area contributed by atoms with Gasteiger partial charge in [-0.05, 0) is 36.1 Å². The Morgan fingerprint density at radius 3 is 2.73 bits per heavy atom. The van der Waals surface area contributed by atoms with Crippen molar-refractivity contribution in [1.82, 2.24) is 9.62 Å². The second-order valence-corrected chi connectivity index (χ2v) is 9.14. The van der Waals surface area contributed by atoms with Crippen molar-refractivity contribution >= 4 is 38.9 Å². The van der Waals surface area contributed by atoms with Crippen LogP contribution < -0.4 is 5.32 Å². The average Bonchev–Trinajstić information content (AvgIpc) is 3.13. The summed E-state index contributed by atoms with van der Waals surface area (Å²) in [5, 5.41) is 5.04. The number of ether oxygens (including phenoxy) is 1. The lowest BCUT2D eigenvalue weighted by Crippen LogP contribution is -2.41. The van der Waals surface area contributed by atoms with E-state index in [2.05, 4.69) is 5.32 Å². The summed E-state index contributed by atoms with van der Waals surface area (Å²) in [6.45, 7) is 3.12. The summed E-state index contributed by atoms with van der Waals surface area (Å²) >= 11 is 7.10. The first-order chi connectivity index (χ1) is 12.4. The number of morpholine rings is 1. The van der Waals surface area contributed by atoms with Crippen LogP contribution in [0.5, 0.6) is 0 Å². The van der Waals surface area contributed by atoms with Crippen LogP contribution in [0, 0.1) is 0 Å².